The van der Waals surface area contributed by atoms with Crippen molar-refractivity contribution in [3.63, 3.8) is 0 Å². The maximum atomic E-state index is 11.1. The summed E-state index contributed by atoms with van der Waals surface area (Å²) in [5.41, 5.74) is 0. The van der Waals surface area contributed by atoms with Crippen LogP contribution in [0.3, 0.4) is 0 Å². The molecule has 0 fully saturated rings. The van der Waals surface area contributed by atoms with Gasteiger partial charge in [0, 0.05) is 6.20 Å². The zero-order valence-electron chi connectivity index (χ0n) is 9.92. The normalized spacial score (nSPS) is 11.4. The van der Waals surface area contributed by atoms with E-state index in [-0.39, 0.29) is 0 Å². The molecule has 1 heterocycles. The first-order valence-electron chi connectivity index (χ1n) is 5.39. The molecular weight excluding hydrogens is 238 g/mol. The number of hydrogen-bond donors (Lipinski definition) is 3. The standard InChI is InChI=1S/C11H15N3O4/c1-8(18-11(17)14-7-10(15)16)6-13-9-4-2-3-5-12-9/h2-5,8H,6-7H2,1H3,(H,12,13)(H,14,17)(H,15,16). The lowest BCUT2D eigenvalue weighted by atomic mass is 10.4. The molecule has 0 radical (unpaired) electrons. The maximum absolute atomic E-state index is 11.1. The number of pyridine rings is 1. The quantitative estimate of drug-likeness (QED) is 0.689. The van der Waals surface area contributed by atoms with E-state index < -0.39 is 24.7 Å². The van der Waals surface area contributed by atoms with E-state index in [2.05, 4.69) is 15.6 Å². The van der Waals surface area contributed by atoms with Crippen molar-refractivity contribution in [1.82, 2.24) is 10.3 Å². The molecular formula is C11H15N3O4. The summed E-state index contributed by atoms with van der Waals surface area (Å²) in [4.78, 5) is 25.4. The molecule has 0 spiro atoms. The van der Waals surface area contributed by atoms with Crippen LogP contribution in [0.15, 0.2) is 24.4 Å². The van der Waals surface area contributed by atoms with Gasteiger partial charge in [-0.25, -0.2) is 9.78 Å². The number of nitrogens with zero attached hydrogens (tertiary/aromatic N) is 1. The number of hydrogen-bond acceptors (Lipinski definition) is 5. The topological polar surface area (TPSA) is 101 Å². The lowest BCUT2D eigenvalue weighted by Gasteiger charge is -2.14. The highest BCUT2D eigenvalue weighted by Crippen LogP contribution is 2.01. The fourth-order valence-electron chi connectivity index (χ4n) is 1.13. The summed E-state index contributed by atoms with van der Waals surface area (Å²) in [5.74, 6) is -0.440. The van der Waals surface area contributed by atoms with Crippen molar-refractivity contribution >= 4 is 17.9 Å². The highest BCUT2D eigenvalue weighted by molar-refractivity contribution is 5.76. The summed E-state index contributed by atoms with van der Waals surface area (Å²) < 4.78 is 4.92. The van der Waals surface area contributed by atoms with Gasteiger partial charge >= 0.3 is 12.1 Å². The van der Waals surface area contributed by atoms with Crippen molar-refractivity contribution in [1.29, 1.82) is 0 Å². The highest BCUT2D eigenvalue weighted by Gasteiger charge is 2.10. The molecule has 98 valence electrons. The first-order valence-corrected chi connectivity index (χ1v) is 5.39. The van der Waals surface area contributed by atoms with Gasteiger partial charge in [-0.3, -0.25) is 4.79 Å². The fraction of sp³-hybridized carbons (Fsp3) is 0.364. The number of aromatic nitrogens is 1. The molecule has 0 aromatic carbocycles. The minimum absolute atomic E-state index is 0.386. The van der Waals surface area contributed by atoms with Crippen molar-refractivity contribution in [3.05, 3.63) is 24.4 Å². The smallest absolute Gasteiger partial charge is 0.407 e. The van der Waals surface area contributed by atoms with E-state index in [4.69, 9.17) is 9.84 Å². The van der Waals surface area contributed by atoms with Gasteiger partial charge in [0.25, 0.3) is 0 Å². The molecule has 0 aliphatic heterocycles. The molecule has 0 aliphatic rings. The van der Waals surface area contributed by atoms with Crippen LogP contribution in [0.1, 0.15) is 6.92 Å². The van der Waals surface area contributed by atoms with Gasteiger partial charge in [-0.1, -0.05) is 6.07 Å². The first-order chi connectivity index (χ1) is 8.58. The second kappa shape index (κ2) is 7.10. The molecule has 3 N–H and O–H groups in total. The third-order valence-corrected chi connectivity index (χ3v) is 1.93. The predicted octanol–water partition coefficient (Wildman–Crippen LogP) is 0.693. The molecule has 0 saturated heterocycles. The van der Waals surface area contributed by atoms with E-state index in [0.717, 1.165) is 0 Å². The molecule has 18 heavy (non-hydrogen) atoms. The third-order valence-electron chi connectivity index (χ3n) is 1.93. The monoisotopic (exact) mass is 253 g/mol. The minimum atomic E-state index is -1.12. The predicted molar refractivity (Wildman–Crippen MR) is 64.3 cm³/mol. The van der Waals surface area contributed by atoms with E-state index in [9.17, 15) is 9.59 Å². The summed E-state index contributed by atoms with van der Waals surface area (Å²) in [6, 6.07) is 5.42. The average Bonchev–Trinajstić information content (AvgIpc) is 2.35. The van der Waals surface area contributed by atoms with Crippen molar-refractivity contribution in [2.45, 2.75) is 13.0 Å². The number of carbonyl (C=O) groups excluding carboxylic acids is 1. The Morgan fingerprint density at radius 3 is 2.89 bits per heavy atom. The Morgan fingerprint density at radius 1 is 1.50 bits per heavy atom. The molecule has 1 rings (SSSR count). The van der Waals surface area contributed by atoms with Crippen molar-refractivity contribution < 1.29 is 19.4 Å². The van der Waals surface area contributed by atoms with E-state index in [0.29, 0.717) is 12.4 Å². The number of ether oxygens (including phenoxy) is 1. The van der Waals surface area contributed by atoms with Gasteiger partial charge < -0.3 is 20.5 Å². The van der Waals surface area contributed by atoms with Crippen molar-refractivity contribution in [2.75, 3.05) is 18.4 Å². The van der Waals surface area contributed by atoms with Gasteiger partial charge in [0.1, 0.15) is 18.5 Å². The molecule has 7 heteroatoms. The Hall–Kier alpha value is -2.31. The Morgan fingerprint density at radius 2 is 2.28 bits per heavy atom. The molecule has 1 atom stereocenters. The maximum Gasteiger partial charge on any atom is 0.407 e. The Kier molecular flexibility index (Phi) is 5.43. The van der Waals surface area contributed by atoms with Crippen LogP contribution in [0.5, 0.6) is 0 Å². The Bertz CT molecular complexity index is 397. The fourth-order valence-corrected chi connectivity index (χ4v) is 1.13. The number of carbonyl (C=O) groups is 2. The molecule has 1 aromatic heterocycles. The van der Waals surface area contributed by atoms with Crippen molar-refractivity contribution in [2.24, 2.45) is 0 Å². The van der Waals surface area contributed by atoms with Gasteiger partial charge in [0.05, 0.1) is 6.54 Å². The first kappa shape index (κ1) is 13.8. The number of carboxylic acids is 1. The summed E-state index contributed by atoms with van der Waals surface area (Å²) >= 11 is 0. The van der Waals surface area contributed by atoms with Crippen molar-refractivity contribution in [3.8, 4) is 0 Å². The molecule has 1 unspecified atom stereocenters. The number of anilines is 1. The zero-order valence-corrected chi connectivity index (χ0v) is 9.92. The van der Waals surface area contributed by atoms with Crippen LogP contribution in [-0.2, 0) is 9.53 Å². The van der Waals surface area contributed by atoms with Gasteiger partial charge in [-0.05, 0) is 19.1 Å². The van der Waals surface area contributed by atoms with Crippen LogP contribution < -0.4 is 10.6 Å². The number of alkyl carbamates (subject to hydrolysis) is 1. The third kappa shape index (κ3) is 5.69. The largest absolute Gasteiger partial charge is 0.480 e. The molecule has 0 aliphatic carbocycles. The van der Waals surface area contributed by atoms with Crippen LogP contribution in [-0.4, -0.2) is 41.3 Å². The number of nitrogens with one attached hydrogen (secondary N) is 2. The molecule has 7 nitrogen and oxygen atoms in total. The number of rotatable bonds is 6. The zero-order chi connectivity index (χ0) is 13.4. The Balaban J connectivity index is 2.23. The SMILES string of the molecule is CC(CNc1ccccn1)OC(=O)NCC(=O)O. The van der Waals surface area contributed by atoms with E-state index in [1.165, 1.54) is 0 Å². The molecule has 0 bridgehead atoms. The lowest BCUT2D eigenvalue weighted by molar-refractivity contribution is -0.135. The number of aliphatic carboxylic acids is 1. The number of carboxylic acid groups (broad SMARTS) is 1. The van der Waals surface area contributed by atoms with E-state index >= 15 is 0 Å². The van der Waals surface area contributed by atoms with Gasteiger partial charge in [-0.15, -0.1) is 0 Å². The highest BCUT2D eigenvalue weighted by atomic mass is 16.6. The van der Waals surface area contributed by atoms with Gasteiger partial charge in [0.15, 0.2) is 0 Å². The minimum Gasteiger partial charge on any atom is -0.480 e. The summed E-state index contributed by atoms with van der Waals surface area (Å²) in [7, 11) is 0. The summed E-state index contributed by atoms with van der Waals surface area (Å²) in [6.45, 7) is 1.62. The van der Waals surface area contributed by atoms with Crippen LogP contribution >= 0.6 is 0 Å². The second-order valence-electron chi connectivity index (χ2n) is 3.56. The molecule has 1 amide bonds. The molecule has 1 aromatic rings. The van der Waals surface area contributed by atoms with Gasteiger partial charge in [-0.2, -0.15) is 0 Å². The molecule has 0 saturated carbocycles. The van der Waals surface area contributed by atoms with Gasteiger partial charge in [0.2, 0.25) is 0 Å². The Labute approximate surface area is 104 Å². The van der Waals surface area contributed by atoms with Crippen LogP contribution in [0.2, 0.25) is 0 Å². The van der Waals surface area contributed by atoms with Crippen LogP contribution in [0, 0.1) is 0 Å². The summed E-state index contributed by atoms with van der Waals surface area (Å²) in [5, 5.41) is 13.4. The number of amides is 1. The van der Waals surface area contributed by atoms with Crippen LogP contribution in [0.4, 0.5) is 10.6 Å². The van der Waals surface area contributed by atoms with E-state index in [1.807, 2.05) is 6.07 Å². The lowest BCUT2D eigenvalue weighted by Crippen LogP contribution is -2.34. The van der Waals surface area contributed by atoms with E-state index in [1.54, 1.807) is 25.3 Å². The van der Waals surface area contributed by atoms with Crippen LogP contribution in [0.25, 0.3) is 0 Å². The second-order valence-corrected chi connectivity index (χ2v) is 3.56. The average molecular weight is 253 g/mol. The summed E-state index contributed by atoms with van der Waals surface area (Å²) in [6.07, 6.45) is 0.487.